The van der Waals surface area contributed by atoms with Crippen LogP contribution < -0.4 is 20.7 Å². The van der Waals surface area contributed by atoms with Gasteiger partial charge < -0.3 is 20.1 Å². The molecule has 0 radical (unpaired) electrons. The van der Waals surface area contributed by atoms with E-state index in [1.165, 1.54) is 12.1 Å². The molecule has 1 aliphatic heterocycles. The molecule has 0 aromatic heterocycles. The Labute approximate surface area is 160 Å². The summed E-state index contributed by atoms with van der Waals surface area (Å²) in [5.41, 5.74) is -0.496. The summed E-state index contributed by atoms with van der Waals surface area (Å²) in [5.74, 6) is -0.686. The number of hydrogen-bond acceptors (Lipinski definition) is 5. The van der Waals surface area contributed by atoms with Gasteiger partial charge in [-0.15, -0.1) is 0 Å². The zero-order valence-corrected chi connectivity index (χ0v) is 15.6. The van der Waals surface area contributed by atoms with E-state index in [0.29, 0.717) is 25.9 Å². The highest BCUT2D eigenvalue weighted by molar-refractivity contribution is 6.30. The van der Waals surface area contributed by atoms with Crippen LogP contribution in [0.3, 0.4) is 0 Å². The summed E-state index contributed by atoms with van der Waals surface area (Å²) in [6.07, 6.45) is 2.00. The Morgan fingerprint density at radius 1 is 1.33 bits per heavy atom. The molecule has 27 heavy (non-hydrogen) atoms. The topological polar surface area (TPSA) is 88.7 Å². The highest BCUT2D eigenvalue weighted by atomic mass is 35.5. The summed E-state index contributed by atoms with van der Waals surface area (Å²) in [4.78, 5) is 24.4. The number of carbonyl (C=O) groups excluding carboxylic acids is 2. The van der Waals surface area contributed by atoms with Crippen molar-refractivity contribution in [3.63, 3.8) is 0 Å². The van der Waals surface area contributed by atoms with E-state index in [4.69, 9.17) is 21.1 Å². The third kappa shape index (κ3) is 3.61. The first kappa shape index (κ1) is 18.5. The predicted octanol–water partition coefficient (Wildman–Crippen LogP) is 1.10. The Morgan fingerprint density at radius 3 is 2.67 bits per heavy atom. The van der Waals surface area contributed by atoms with Gasteiger partial charge in [-0.05, 0) is 38.3 Å². The molecule has 1 aromatic carbocycles. The van der Waals surface area contributed by atoms with Crippen LogP contribution >= 0.6 is 11.6 Å². The van der Waals surface area contributed by atoms with Crippen molar-refractivity contribution in [3.8, 4) is 5.75 Å². The van der Waals surface area contributed by atoms with Crippen molar-refractivity contribution in [1.82, 2.24) is 16.0 Å². The maximum absolute atomic E-state index is 13.4. The van der Waals surface area contributed by atoms with Gasteiger partial charge in [-0.2, -0.15) is 0 Å². The standard InChI is InChI=1S/C18H21ClFN3O4/c1-10-21-14(5-26-10)16(25)23-18-7-17(8-18,9-18)22-15(24)6-27-11-2-3-12(19)13(20)4-11/h2-4,10,14,21H,5-9H2,1H3,(H,22,24)(H,23,25). The highest BCUT2D eigenvalue weighted by Crippen LogP contribution is 2.60. The van der Waals surface area contributed by atoms with E-state index in [1.54, 1.807) is 0 Å². The van der Waals surface area contributed by atoms with Gasteiger partial charge in [-0.1, -0.05) is 11.6 Å². The van der Waals surface area contributed by atoms with Crippen molar-refractivity contribution in [2.45, 2.75) is 49.5 Å². The first-order chi connectivity index (χ1) is 12.8. The van der Waals surface area contributed by atoms with Crippen molar-refractivity contribution in [1.29, 1.82) is 0 Å². The lowest BCUT2D eigenvalue weighted by Gasteiger charge is -2.70. The molecule has 0 spiro atoms. The molecule has 4 fully saturated rings. The number of rotatable bonds is 6. The molecule has 2 atom stereocenters. The molecule has 4 aliphatic rings. The van der Waals surface area contributed by atoms with Crippen molar-refractivity contribution in [2.75, 3.05) is 13.2 Å². The molecule has 2 bridgehead atoms. The van der Waals surface area contributed by atoms with Gasteiger partial charge in [-0.3, -0.25) is 14.9 Å². The third-order valence-electron chi connectivity index (χ3n) is 5.35. The summed E-state index contributed by atoms with van der Waals surface area (Å²) < 4.78 is 24.0. The fraction of sp³-hybridized carbons (Fsp3) is 0.556. The second-order valence-corrected chi connectivity index (χ2v) is 8.10. The molecule has 146 valence electrons. The van der Waals surface area contributed by atoms with Crippen LogP contribution in [0.1, 0.15) is 26.2 Å². The molecule has 3 saturated carbocycles. The second-order valence-electron chi connectivity index (χ2n) is 7.69. The number of nitrogens with one attached hydrogen (secondary N) is 3. The molecule has 3 aliphatic carbocycles. The Morgan fingerprint density at radius 2 is 2.04 bits per heavy atom. The Balaban J connectivity index is 1.20. The lowest BCUT2D eigenvalue weighted by molar-refractivity contribution is -0.151. The number of ether oxygens (including phenoxy) is 2. The minimum Gasteiger partial charge on any atom is -0.484 e. The van der Waals surface area contributed by atoms with Crippen LogP contribution in [0.15, 0.2) is 18.2 Å². The molecule has 1 heterocycles. The number of carbonyl (C=O) groups is 2. The first-order valence-corrected chi connectivity index (χ1v) is 9.25. The van der Waals surface area contributed by atoms with Crippen LogP contribution in [0.25, 0.3) is 0 Å². The Hall–Kier alpha value is -1.90. The highest BCUT2D eigenvalue weighted by Gasteiger charge is 2.69. The van der Waals surface area contributed by atoms with E-state index >= 15 is 0 Å². The second kappa shape index (κ2) is 6.61. The van der Waals surface area contributed by atoms with Gasteiger partial charge in [0.05, 0.1) is 11.6 Å². The number of amides is 2. The van der Waals surface area contributed by atoms with Crippen LogP contribution in [0.2, 0.25) is 5.02 Å². The van der Waals surface area contributed by atoms with Gasteiger partial charge in [0.1, 0.15) is 23.8 Å². The zero-order chi connectivity index (χ0) is 19.2. The quantitative estimate of drug-likeness (QED) is 0.669. The number of hydrogen-bond donors (Lipinski definition) is 3. The minimum absolute atomic E-state index is 0.00170. The maximum atomic E-state index is 13.4. The largest absolute Gasteiger partial charge is 0.484 e. The Kier molecular flexibility index (Phi) is 4.52. The molecule has 9 heteroatoms. The van der Waals surface area contributed by atoms with Crippen LogP contribution in [-0.2, 0) is 14.3 Å². The van der Waals surface area contributed by atoms with Crippen LogP contribution in [0, 0.1) is 5.82 Å². The normalized spacial score (nSPS) is 33.6. The molecule has 1 aromatic rings. The van der Waals surface area contributed by atoms with Crippen LogP contribution in [0.5, 0.6) is 5.75 Å². The monoisotopic (exact) mass is 397 g/mol. The van der Waals surface area contributed by atoms with Crippen molar-refractivity contribution in [3.05, 3.63) is 29.0 Å². The van der Waals surface area contributed by atoms with Crippen molar-refractivity contribution >= 4 is 23.4 Å². The lowest BCUT2D eigenvalue weighted by atomic mass is 9.44. The molecule has 7 nitrogen and oxygen atoms in total. The SMILES string of the molecule is CC1NC(C(=O)NC23CC(NC(=O)COc4ccc(Cl)c(F)c4)(C2)C3)CO1. The molecule has 5 rings (SSSR count). The van der Waals surface area contributed by atoms with Crippen molar-refractivity contribution in [2.24, 2.45) is 0 Å². The number of halogens is 2. The van der Waals surface area contributed by atoms with Gasteiger partial charge in [0, 0.05) is 17.1 Å². The minimum atomic E-state index is -0.594. The average Bonchev–Trinajstić information content (AvgIpc) is 2.99. The fourth-order valence-corrected chi connectivity index (χ4v) is 4.34. The van der Waals surface area contributed by atoms with E-state index in [9.17, 15) is 14.0 Å². The molecule has 2 unspecified atom stereocenters. The van der Waals surface area contributed by atoms with Crippen LogP contribution in [0.4, 0.5) is 4.39 Å². The van der Waals surface area contributed by atoms with E-state index in [2.05, 4.69) is 16.0 Å². The summed E-state index contributed by atoms with van der Waals surface area (Å²) >= 11 is 5.61. The molecular weight excluding hydrogens is 377 g/mol. The summed E-state index contributed by atoms with van der Waals surface area (Å²) in [6, 6.07) is 3.70. The predicted molar refractivity (Wildman–Crippen MR) is 94.8 cm³/mol. The smallest absolute Gasteiger partial charge is 0.258 e. The van der Waals surface area contributed by atoms with E-state index in [0.717, 1.165) is 6.07 Å². The summed E-state index contributed by atoms with van der Waals surface area (Å²) in [5, 5.41) is 9.09. The average molecular weight is 398 g/mol. The maximum Gasteiger partial charge on any atom is 0.258 e. The summed E-state index contributed by atoms with van der Waals surface area (Å²) in [7, 11) is 0. The van der Waals surface area contributed by atoms with Crippen LogP contribution in [-0.4, -0.2) is 48.4 Å². The van der Waals surface area contributed by atoms with Crippen molar-refractivity contribution < 1.29 is 23.5 Å². The zero-order valence-electron chi connectivity index (χ0n) is 14.8. The molecule has 3 N–H and O–H groups in total. The fourth-order valence-electron chi connectivity index (χ4n) is 4.22. The first-order valence-electron chi connectivity index (χ1n) is 8.87. The van der Waals surface area contributed by atoms with Gasteiger partial charge in [-0.25, -0.2) is 4.39 Å². The molecular formula is C18H21ClFN3O4. The number of benzene rings is 1. The van der Waals surface area contributed by atoms with E-state index < -0.39 is 5.82 Å². The van der Waals surface area contributed by atoms with Gasteiger partial charge in [0.25, 0.3) is 5.91 Å². The Bertz CT molecular complexity index is 770. The van der Waals surface area contributed by atoms with E-state index in [-0.39, 0.29) is 52.5 Å². The van der Waals surface area contributed by atoms with Gasteiger partial charge >= 0.3 is 0 Å². The van der Waals surface area contributed by atoms with E-state index in [1.807, 2.05) is 6.92 Å². The third-order valence-corrected chi connectivity index (χ3v) is 5.66. The van der Waals surface area contributed by atoms with Gasteiger partial charge in [0.15, 0.2) is 6.61 Å². The summed E-state index contributed by atoms with van der Waals surface area (Å²) in [6.45, 7) is 2.02. The lowest BCUT2D eigenvalue weighted by Crippen LogP contribution is -2.84. The molecule has 2 amide bonds. The molecule has 1 saturated heterocycles. The van der Waals surface area contributed by atoms with Gasteiger partial charge in [0.2, 0.25) is 5.91 Å².